The second kappa shape index (κ2) is 10.2. The number of pyridine rings is 1. The van der Waals surface area contributed by atoms with E-state index in [1.807, 2.05) is 29.7 Å². The van der Waals surface area contributed by atoms with E-state index in [1.54, 1.807) is 6.20 Å². The van der Waals surface area contributed by atoms with Crippen LogP contribution in [-0.2, 0) is 6.67 Å². The molecular formula is C40H26N4S. The molecule has 0 unspecified atom stereocenters. The molecule has 0 saturated carbocycles. The minimum absolute atomic E-state index is 0.455. The van der Waals surface area contributed by atoms with Gasteiger partial charge in [0.25, 0.3) is 0 Å². The predicted molar refractivity (Wildman–Crippen MR) is 193 cm³/mol. The van der Waals surface area contributed by atoms with E-state index in [9.17, 15) is 0 Å². The van der Waals surface area contributed by atoms with E-state index in [2.05, 4.69) is 130 Å². The van der Waals surface area contributed by atoms with Crippen LogP contribution in [0.5, 0.6) is 0 Å². The molecule has 9 rings (SSSR count). The van der Waals surface area contributed by atoms with Gasteiger partial charge < -0.3 is 4.57 Å². The molecule has 3 aromatic heterocycles. The van der Waals surface area contributed by atoms with Crippen LogP contribution < -0.4 is 0 Å². The first-order chi connectivity index (χ1) is 22.3. The predicted octanol–water partition coefficient (Wildman–Crippen LogP) is 10.3. The van der Waals surface area contributed by atoms with Gasteiger partial charge in [-0.2, -0.15) is 0 Å². The van der Waals surface area contributed by atoms with Crippen molar-refractivity contribution in [2.24, 2.45) is 9.98 Å². The fraction of sp³-hybridized carbons (Fsp3) is 0.0250. The van der Waals surface area contributed by atoms with E-state index in [0.717, 1.165) is 33.7 Å². The van der Waals surface area contributed by atoms with Gasteiger partial charge in [-0.05, 0) is 60.1 Å². The van der Waals surface area contributed by atoms with E-state index in [-0.39, 0.29) is 0 Å². The Bertz CT molecular complexity index is 2580. The molecule has 0 radical (unpaired) electrons. The van der Waals surface area contributed by atoms with Crippen molar-refractivity contribution in [1.29, 1.82) is 0 Å². The Kier molecular flexibility index (Phi) is 5.86. The Morgan fingerprint density at radius 3 is 2.47 bits per heavy atom. The van der Waals surface area contributed by atoms with Crippen molar-refractivity contribution in [2.75, 3.05) is 0 Å². The standard InChI is InChI=1S/C40H26N4S/c1-41-38(27-10-8-20-42-23-27)32-19-16-25-9-2-3-11-28(25)39(32)43-24-44-35-14-6-4-12-29(35)34-21-26-17-18-31-30-13-5-7-15-37(30)45-40(31)33(26)22-36(34)44/h2-23H,1,24H2/b38-32-,43-39-. The molecule has 0 aliphatic heterocycles. The van der Waals surface area contributed by atoms with Gasteiger partial charge in [0, 0.05) is 65.4 Å². The smallest absolute Gasteiger partial charge is 0.115 e. The highest BCUT2D eigenvalue weighted by Gasteiger charge is 2.21. The summed E-state index contributed by atoms with van der Waals surface area (Å²) in [4.78, 5) is 14.2. The zero-order chi connectivity index (χ0) is 29.9. The number of aromatic nitrogens is 2. The summed E-state index contributed by atoms with van der Waals surface area (Å²) in [5.74, 6) is 0. The molecule has 5 heteroatoms. The van der Waals surface area contributed by atoms with Crippen LogP contribution in [0.3, 0.4) is 0 Å². The van der Waals surface area contributed by atoms with Crippen molar-refractivity contribution in [3.8, 4) is 0 Å². The van der Waals surface area contributed by atoms with Crippen molar-refractivity contribution < 1.29 is 0 Å². The van der Waals surface area contributed by atoms with Crippen LogP contribution >= 0.6 is 11.3 Å². The van der Waals surface area contributed by atoms with Crippen molar-refractivity contribution in [1.82, 2.24) is 9.55 Å². The quantitative estimate of drug-likeness (QED) is 0.187. The van der Waals surface area contributed by atoms with Crippen LogP contribution in [0, 0.1) is 0 Å². The lowest BCUT2D eigenvalue weighted by molar-refractivity contribution is 0.793. The molecule has 1 aliphatic rings. The fourth-order valence-electron chi connectivity index (χ4n) is 6.79. The van der Waals surface area contributed by atoms with Crippen molar-refractivity contribution >= 4 is 88.3 Å². The first-order valence-corrected chi connectivity index (χ1v) is 15.8. The number of nitrogens with zero attached hydrogens (tertiary/aromatic N) is 4. The summed E-state index contributed by atoms with van der Waals surface area (Å²) in [5.41, 5.74) is 8.08. The van der Waals surface area contributed by atoms with Crippen molar-refractivity contribution in [3.63, 3.8) is 0 Å². The fourth-order valence-corrected chi connectivity index (χ4v) is 8.02. The Balaban J connectivity index is 1.29. The topological polar surface area (TPSA) is 42.5 Å². The van der Waals surface area contributed by atoms with Crippen LogP contribution in [0.4, 0.5) is 0 Å². The zero-order valence-corrected chi connectivity index (χ0v) is 25.1. The van der Waals surface area contributed by atoms with Gasteiger partial charge in [-0.3, -0.25) is 15.0 Å². The molecule has 4 nitrogen and oxygen atoms in total. The molecule has 8 aromatic rings. The highest BCUT2D eigenvalue weighted by molar-refractivity contribution is 7.26. The molecule has 0 N–H and O–H groups in total. The normalized spacial score (nSPS) is 15.1. The zero-order valence-electron chi connectivity index (χ0n) is 24.3. The van der Waals surface area contributed by atoms with Crippen LogP contribution in [0.1, 0.15) is 16.7 Å². The van der Waals surface area contributed by atoms with E-state index < -0.39 is 0 Å². The number of fused-ring (bicyclic) bond motifs is 9. The molecule has 0 bridgehead atoms. The molecular weight excluding hydrogens is 569 g/mol. The average Bonchev–Trinajstić information content (AvgIpc) is 3.63. The molecule has 1 aliphatic carbocycles. The van der Waals surface area contributed by atoms with Crippen molar-refractivity contribution in [3.05, 3.63) is 150 Å². The Morgan fingerprint density at radius 2 is 1.58 bits per heavy atom. The van der Waals surface area contributed by atoms with Crippen LogP contribution in [-0.4, -0.2) is 22.0 Å². The van der Waals surface area contributed by atoms with Gasteiger partial charge in [0.2, 0.25) is 0 Å². The van der Waals surface area contributed by atoms with Gasteiger partial charge in [0.05, 0.1) is 22.4 Å². The van der Waals surface area contributed by atoms with Crippen LogP contribution in [0.2, 0.25) is 0 Å². The van der Waals surface area contributed by atoms with Gasteiger partial charge in [-0.15, -0.1) is 11.3 Å². The molecule has 5 aromatic carbocycles. The maximum absolute atomic E-state index is 5.39. The van der Waals surface area contributed by atoms with Gasteiger partial charge in [0.15, 0.2) is 0 Å². The van der Waals surface area contributed by atoms with E-state index in [1.165, 1.54) is 52.8 Å². The number of benzene rings is 5. The lowest BCUT2D eigenvalue weighted by Gasteiger charge is -2.19. The third kappa shape index (κ3) is 4.01. The number of aliphatic imine (C=N–C) groups is 2. The third-order valence-electron chi connectivity index (χ3n) is 8.87. The summed E-state index contributed by atoms with van der Waals surface area (Å²) in [6, 6.07) is 39.0. The summed E-state index contributed by atoms with van der Waals surface area (Å²) < 4.78 is 5.00. The Hall–Kier alpha value is -5.65. The highest BCUT2D eigenvalue weighted by atomic mass is 32.1. The number of para-hydroxylation sites is 1. The highest BCUT2D eigenvalue weighted by Crippen LogP contribution is 2.41. The molecule has 212 valence electrons. The van der Waals surface area contributed by atoms with Gasteiger partial charge in [-0.1, -0.05) is 78.9 Å². The summed E-state index contributed by atoms with van der Waals surface area (Å²) in [5, 5.41) is 7.63. The van der Waals surface area contributed by atoms with Gasteiger partial charge in [-0.25, -0.2) is 0 Å². The first-order valence-electron chi connectivity index (χ1n) is 15.0. The van der Waals surface area contributed by atoms with Crippen LogP contribution in [0.25, 0.3) is 64.5 Å². The number of hydrogen-bond donors (Lipinski definition) is 0. The van der Waals surface area contributed by atoms with Crippen molar-refractivity contribution in [2.45, 2.75) is 6.67 Å². The summed E-state index contributed by atoms with van der Waals surface area (Å²) in [6.07, 6.45) is 7.84. The lowest BCUT2D eigenvalue weighted by Crippen LogP contribution is -2.13. The van der Waals surface area contributed by atoms with E-state index in [0.29, 0.717) is 6.67 Å². The Labute approximate surface area is 263 Å². The number of thiophene rings is 1. The second-order valence-corrected chi connectivity index (χ2v) is 12.4. The lowest BCUT2D eigenvalue weighted by atomic mass is 9.89. The van der Waals surface area contributed by atoms with Crippen LogP contribution in [0.15, 0.2) is 143 Å². The van der Waals surface area contributed by atoms with E-state index in [4.69, 9.17) is 4.99 Å². The molecule has 0 amide bonds. The largest absolute Gasteiger partial charge is 0.320 e. The molecule has 45 heavy (non-hydrogen) atoms. The average molecular weight is 595 g/mol. The molecule has 0 atom stereocenters. The number of allylic oxidation sites excluding steroid dienone is 2. The summed E-state index contributed by atoms with van der Waals surface area (Å²) in [7, 11) is 0. The summed E-state index contributed by atoms with van der Waals surface area (Å²) >= 11 is 1.87. The molecule has 0 saturated heterocycles. The number of rotatable bonds is 4. The maximum Gasteiger partial charge on any atom is 0.115 e. The number of hydrogen-bond acceptors (Lipinski definition) is 4. The summed E-state index contributed by atoms with van der Waals surface area (Å²) in [6.45, 7) is 4.39. The maximum atomic E-state index is 5.39. The first kappa shape index (κ1) is 25.8. The molecule has 0 fully saturated rings. The molecule has 0 spiro atoms. The third-order valence-corrected chi connectivity index (χ3v) is 10.1. The van der Waals surface area contributed by atoms with Gasteiger partial charge in [0.1, 0.15) is 6.67 Å². The minimum Gasteiger partial charge on any atom is -0.320 e. The van der Waals surface area contributed by atoms with E-state index >= 15 is 0 Å². The van der Waals surface area contributed by atoms with Gasteiger partial charge >= 0.3 is 0 Å². The second-order valence-electron chi connectivity index (χ2n) is 11.3. The Morgan fingerprint density at radius 1 is 0.733 bits per heavy atom. The monoisotopic (exact) mass is 594 g/mol. The SMILES string of the molecule is C=N/C(=C1/C=Cc2ccccc2/C1=N/Cn1c2ccccc2c2cc3ccc4c5ccccc5sc4c3cc21)c1cccnc1. The minimum atomic E-state index is 0.455. The molecule has 3 heterocycles.